The third-order valence-corrected chi connectivity index (χ3v) is 4.81. The summed E-state index contributed by atoms with van der Waals surface area (Å²) in [4.78, 5) is 30.7. The van der Waals surface area contributed by atoms with Gasteiger partial charge >= 0.3 is 0 Å². The number of hydrogen-bond donors (Lipinski definition) is 1. The van der Waals surface area contributed by atoms with E-state index in [-0.39, 0.29) is 24.4 Å². The highest BCUT2D eigenvalue weighted by Crippen LogP contribution is 2.18. The van der Waals surface area contributed by atoms with E-state index in [9.17, 15) is 9.59 Å². The number of aryl methyl sites for hydroxylation is 1. The number of benzene rings is 1. The minimum atomic E-state index is -0.207. The van der Waals surface area contributed by atoms with Crippen LogP contribution in [0.1, 0.15) is 41.9 Å². The molecule has 1 aromatic heterocycles. The van der Waals surface area contributed by atoms with Crippen LogP contribution in [0, 0.1) is 13.8 Å². The predicted octanol–water partition coefficient (Wildman–Crippen LogP) is 3.64. The highest BCUT2D eigenvalue weighted by molar-refractivity contribution is 7.07. The molecule has 24 heavy (non-hydrogen) atoms. The quantitative estimate of drug-likeness (QED) is 0.869. The normalized spacial score (nSPS) is 11.8. The first-order chi connectivity index (χ1) is 11.4. The molecule has 0 saturated carbocycles. The molecule has 0 aliphatic heterocycles. The molecule has 1 atom stereocenters. The van der Waals surface area contributed by atoms with Gasteiger partial charge in [-0.1, -0.05) is 19.1 Å². The van der Waals surface area contributed by atoms with Crippen LogP contribution >= 0.6 is 11.3 Å². The van der Waals surface area contributed by atoms with E-state index >= 15 is 0 Å². The zero-order valence-corrected chi connectivity index (χ0v) is 15.3. The van der Waals surface area contributed by atoms with Gasteiger partial charge in [0.2, 0.25) is 5.91 Å². The maximum atomic E-state index is 12.6. The summed E-state index contributed by atoms with van der Waals surface area (Å²) >= 11 is 1.37. The lowest BCUT2D eigenvalue weighted by molar-refractivity contribution is -0.117. The van der Waals surface area contributed by atoms with E-state index in [2.05, 4.69) is 10.3 Å². The van der Waals surface area contributed by atoms with Gasteiger partial charge in [0, 0.05) is 17.1 Å². The van der Waals surface area contributed by atoms with Crippen LogP contribution in [0.5, 0.6) is 0 Å². The molecule has 0 unspecified atom stereocenters. The summed E-state index contributed by atoms with van der Waals surface area (Å²) in [5.41, 5.74) is 4.94. The van der Waals surface area contributed by atoms with Crippen LogP contribution < -0.4 is 5.32 Å². The van der Waals surface area contributed by atoms with E-state index in [0.29, 0.717) is 5.69 Å². The summed E-state index contributed by atoms with van der Waals surface area (Å²) in [6.07, 6.45) is 0.770. The second-order valence-corrected chi connectivity index (χ2v) is 6.58. The van der Waals surface area contributed by atoms with Gasteiger partial charge in [0.05, 0.1) is 5.51 Å². The minimum absolute atomic E-state index is 0.0126. The van der Waals surface area contributed by atoms with Crippen LogP contribution in [0.4, 0.5) is 5.69 Å². The average Bonchev–Trinajstić information content (AvgIpc) is 3.10. The zero-order chi connectivity index (χ0) is 17.7. The van der Waals surface area contributed by atoms with E-state index in [1.165, 1.54) is 11.3 Å². The molecule has 0 spiro atoms. The minimum Gasteiger partial charge on any atom is -0.325 e. The van der Waals surface area contributed by atoms with Crippen LogP contribution in [-0.4, -0.2) is 34.3 Å². The average molecular weight is 345 g/mol. The third kappa shape index (κ3) is 4.20. The fourth-order valence-electron chi connectivity index (χ4n) is 2.34. The molecule has 6 heteroatoms. The van der Waals surface area contributed by atoms with Gasteiger partial charge in [-0.05, 0) is 44.4 Å². The Bertz CT molecular complexity index is 713. The van der Waals surface area contributed by atoms with E-state index in [4.69, 9.17) is 0 Å². The number of aromatic nitrogens is 1. The monoisotopic (exact) mass is 345 g/mol. The number of nitrogens with one attached hydrogen (secondary N) is 1. The Balaban J connectivity index is 2.13. The van der Waals surface area contributed by atoms with Gasteiger partial charge in [-0.3, -0.25) is 9.59 Å². The molecule has 0 aliphatic carbocycles. The molecule has 0 bridgehead atoms. The van der Waals surface area contributed by atoms with Crippen molar-refractivity contribution in [1.29, 1.82) is 0 Å². The largest absolute Gasteiger partial charge is 0.325 e. The lowest BCUT2D eigenvalue weighted by atomic mass is 10.1. The fourth-order valence-corrected chi connectivity index (χ4v) is 2.87. The number of rotatable bonds is 6. The van der Waals surface area contributed by atoms with Crippen molar-refractivity contribution < 1.29 is 9.59 Å². The van der Waals surface area contributed by atoms with Crippen molar-refractivity contribution >= 4 is 28.8 Å². The van der Waals surface area contributed by atoms with Crippen molar-refractivity contribution in [3.05, 3.63) is 45.9 Å². The van der Waals surface area contributed by atoms with Gasteiger partial charge < -0.3 is 10.2 Å². The lowest BCUT2D eigenvalue weighted by Gasteiger charge is -2.27. The Labute approximate surface area is 146 Å². The van der Waals surface area contributed by atoms with Gasteiger partial charge in [-0.25, -0.2) is 4.98 Å². The summed E-state index contributed by atoms with van der Waals surface area (Å²) < 4.78 is 0. The van der Waals surface area contributed by atoms with E-state index in [1.54, 1.807) is 15.8 Å². The molecular formula is C18H23N3O2S. The molecule has 0 aliphatic rings. The maximum absolute atomic E-state index is 12.6. The van der Waals surface area contributed by atoms with Crippen molar-refractivity contribution in [2.45, 2.75) is 40.2 Å². The first-order valence-electron chi connectivity index (χ1n) is 7.99. The number of carbonyl (C=O) groups is 2. The second kappa shape index (κ2) is 8.06. The van der Waals surface area contributed by atoms with Crippen LogP contribution in [0.2, 0.25) is 0 Å². The summed E-state index contributed by atoms with van der Waals surface area (Å²) in [6.45, 7) is 7.92. The molecule has 2 rings (SSSR count). The highest BCUT2D eigenvalue weighted by Gasteiger charge is 2.24. The molecule has 0 fully saturated rings. The van der Waals surface area contributed by atoms with Crippen molar-refractivity contribution in [3.63, 3.8) is 0 Å². The molecule has 5 nitrogen and oxygen atoms in total. The topological polar surface area (TPSA) is 62.3 Å². The van der Waals surface area contributed by atoms with Crippen LogP contribution in [-0.2, 0) is 4.79 Å². The van der Waals surface area contributed by atoms with Gasteiger partial charge in [-0.2, -0.15) is 0 Å². The smallest absolute Gasteiger partial charge is 0.274 e. The molecule has 0 saturated heterocycles. The van der Waals surface area contributed by atoms with Crippen molar-refractivity contribution in [3.8, 4) is 0 Å². The summed E-state index contributed by atoms with van der Waals surface area (Å²) in [7, 11) is 0. The number of amides is 2. The van der Waals surface area contributed by atoms with Crippen molar-refractivity contribution in [1.82, 2.24) is 9.88 Å². The van der Waals surface area contributed by atoms with Crippen LogP contribution in [0.25, 0.3) is 0 Å². The second-order valence-electron chi connectivity index (χ2n) is 5.86. The fraction of sp³-hybridized carbons (Fsp3) is 0.389. The third-order valence-electron chi connectivity index (χ3n) is 4.23. The first-order valence-corrected chi connectivity index (χ1v) is 8.93. The Morgan fingerprint density at radius 3 is 2.71 bits per heavy atom. The summed E-state index contributed by atoms with van der Waals surface area (Å²) in [5.74, 6) is -0.408. The van der Waals surface area contributed by atoms with Gasteiger partial charge in [-0.15, -0.1) is 11.3 Å². The molecule has 1 N–H and O–H groups in total. The van der Waals surface area contributed by atoms with Gasteiger partial charge in [0.25, 0.3) is 5.91 Å². The number of thiazole rings is 1. The zero-order valence-electron chi connectivity index (χ0n) is 14.5. The summed E-state index contributed by atoms with van der Waals surface area (Å²) in [6, 6.07) is 5.74. The Morgan fingerprint density at radius 2 is 2.08 bits per heavy atom. The summed E-state index contributed by atoms with van der Waals surface area (Å²) in [5, 5.41) is 4.62. The molecule has 1 heterocycles. The number of carbonyl (C=O) groups excluding carboxylic acids is 2. The molecule has 2 aromatic rings. The Kier molecular flexibility index (Phi) is 6.09. The highest BCUT2D eigenvalue weighted by atomic mass is 32.1. The van der Waals surface area contributed by atoms with Gasteiger partial charge in [0.1, 0.15) is 12.2 Å². The molecular weight excluding hydrogens is 322 g/mol. The Hall–Kier alpha value is -2.21. The Morgan fingerprint density at radius 1 is 1.33 bits per heavy atom. The molecule has 2 amide bonds. The van der Waals surface area contributed by atoms with Crippen LogP contribution in [0.3, 0.4) is 0 Å². The molecule has 128 valence electrons. The van der Waals surface area contributed by atoms with Crippen LogP contribution in [0.15, 0.2) is 29.1 Å². The van der Waals surface area contributed by atoms with Gasteiger partial charge in [0.15, 0.2) is 0 Å². The molecule has 1 aromatic carbocycles. The standard InChI is InChI=1S/C18H23N3O2S/c1-5-13(3)21(18(23)16-10-24-11-19-16)9-17(22)20-15-8-6-7-12(2)14(15)4/h6-8,10-11,13H,5,9H2,1-4H3,(H,20,22)/t13-/m1/s1. The van der Waals surface area contributed by atoms with E-state index in [0.717, 1.165) is 23.2 Å². The van der Waals surface area contributed by atoms with E-state index in [1.807, 2.05) is 45.9 Å². The number of anilines is 1. The van der Waals surface area contributed by atoms with E-state index < -0.39 is 0 Å². The maximum Gasteiger partial charge on any atom is 0.274 e. The van der Waals surface area contributed by atoms with Crippen molar-refractivity contribution in [2.24, 2.45) is 0 Å². The number of hydrogen-bond acceptors (Lipinski definition) is 4. The van der Waals surface area contributed by atoms with Crippen molar-refractivity contribution in [2.75, 3.05) is 11.9 Å². The molecule has 0 radical (unpaired) electrons. The SMILES string of the molecule is CC[C@@H](C)N(CC(=O)Nc1cccc(C)c1C)C(=O)c1cscn1. The number of nitrogens with zero attached hydrogens (tertiary/aromatic N) is 2. The predicted molar refractivity (Wildman–Crippen MR) is 97.4 cm³/mol. The first kappa shape index (κ1) is 18.1. The lowest BCUT2D eigenvalue weighted by Crippen LogP contribution is -2.43.